The number of hydrogen-bond donors (Lipinski definition) is 0. The quantitative estimate of drug-likeness (QED) is 0.704. The molecule has 2 aromatic rings. The van der Waals surface area contributed by atoms with E-state index >= 15 is 0 Å². The number of fused-ring (bicyclic) bond motifs is 2. The van der Waals surface area contributed by atoms with Crippen LogP contribution in [-0.2, 0) is 6.61 Å². The fourth-order valence-electron chi connectivity index (χ4n) is 2.47. The van der Waals surface area contributed by atoms with Gasteiger partial charge in [0.1, 0.15) is 25.5 Å². The van der Waals surface area contributed by atoms with Crippen molar-refractivity contribution in [1.29, 1.82) is 0 Å². The summed E-state index contributed by atoms with van der Waals surface area (Å²) in [7, 11) is 0.931. The van der Waals surface area contributed by atoms with Crippen molar-refractivity contribution in [2.45, 2.75) is 13.4 Å². The molecule has 0 radical (unpaired) electrons. The minimum atomic E-state index is -0.263. The molecule has 0 amide bonds. The largest absolute Gasteiger partial charge is 0.488 e. The zero-order chi connectivity index (χ0) is 13.2. The van der Waals surface area contributed by atoms with E-state index in [4.69, 9.17) is 4.74 Å². The maximum Gasteiger partial charge on any atom is 0.145 e. The second-order valence-electron chi connectivity index (χ2n) is 4.61. The average Bonchev–Trinajstić information content (AvgIpc) is 2.57. The highest BCUT2D eigenvalue weighted by molar-refractivity contribution is 6.42. The van der Waals surface area contributed by atoms with E-state index in [-0.39, 0.29) is 5.82 Å². The van der Waals surface area contributed by atoms with Crippen molar-refractivity contribution in [3.8, 4) is 5.75 Å². The first-order chi connectivity index (χ1) is 9.29. The van der Waals surface area contributed by atoms with Crippen LogP contribution in [-0.4, -0.2) is 7.28 Å². The summed E-state index contributed by atoms with van der Waals surface area (Å²) in [6.45, 7) is 2.58. The Kier molecular flexibility index (Phi) is 3.12. The number of halogens is 1. The van der Waals surface area contributed by atoms with E-state index in [2.05, 4.69) is 24.9 Å². The van der Waals surface area contributed by atoms with Crippen LogP contribution in [0.4, 0.5) is 4.39 Å². The summed E-state index contributed by atoms with van der Waals surface area (Å²) in [4.78, 5) is 0. The molecule has 1 aliphatic rings. The van der Waals surface area contributed by atoms with E-state index in [1.54, 1.807) is 6.07 Å². The molecule has 1 aliphatic heterocycles. The average molecular weight is 252 g/mol. The van der Waals surface area contributed by atoms with Gasteiger partial charge in [-0.3, -0.25) is 0 Å². The Morgan fingerprint density at radius 3 is 2.84 bits per heavy atom. The molecule has 0 fully saturated rings. The lowest BCUT2D eigenvalue weighted by molar-refractivity contribution is 0.305. The molecule has 0 atom stereocenters. The number of ether oxygens (including phenoxy) is 1. The molecular formula is C16H14BFO. The van der Waals surface area contributed by atoms with E-state index in [0.717, 1.165) is 24.0 Å². The third kappa shape index (κ3) is 2.16. The molecule has 3 rings (SSSR count). The van der Waals surface area contributed by atoms with Crippen LogP contribution < -0.4 is 4.74 Å². The van der Waals surface area contributed by atoms with Gasteiger partial charge in [-0.25, -0.2) is 4.39 Å². The molecule has 0 unspecified atom stereocenters. The van der Waals surface area contributed by atoms with Crippen LogP contribution in [0, 0.1) is 5.82 Å². The van der Waals surface area contributed by atoms with Gasteiger partial charge in [0, 0.05) is 11.6 Å². The predicted octanol–water partition coefficient (Wildman–Crippen LogP) is 3.59. The summed E-state index contributed by atoms with van der Waals surface area (Å²) in [5.74, 6) is 2.53. The van der Waals surface area contributed by atoms with E-state index in [1.165, 1.54) is 17.7 Å². The Hall–Kier alpha value is -2.03. The summed E-state index contributed by atoms with van der Waals surface area (Å²) >= 11 is 0. The summed E-state index contributed by atoms with van der Waals surface area (Å²) in [6, 6.07) is 12.9. The van der Waals surface area contributed by atoms with Crippen LogP contribution >= 0.6 is 0 Å². The fourth-order valence-corrected chi connectivity index (χ4v) is 2.47. The van der Waals surface area contributed by atoms with Crippen molar-refractivity contribution in [2.75, 3.05) is 0 Å². The summed E-state index contributed by atoms with van der Waals surface area (Å²) in [6.07, 6.45) is 0. The van der Waals surface area contributed by atoms with Crippen molar-refractivity contribution in [1.82, 2.24) is 0 Å². The van der Waals surface area contributed by atoms with Crippen LogP contribution in [0.3, 0.4) is 0 Å². The number of benzene rings is 2. The van der Waals surface area contributed by atoms with Gasteiger partial charge < -0.3 is 4.74 Å². The summed E-state index contributed by atoms with van der Waals surface area (Å²) in [5, 5.41) is 0. The summed E-state index contributed by atoms with van der Waals surface area (Å²) < 4.78 is 19.1. The molecule has 0 aromatic heterocycles. The van der Waals surface area contributed by atoms with Gasteiger partial charge in [-0.1, -0.05) is 31.1 Å². The fraction of sp³-hybridized carbons (Fsp3) is 0.125. The van der Waals surface area contributed by atoms with Gasteiger partial charge in [0.05, 0.1) is 0 Å². The molecule has 3 heteroatoms. The molecule has 0 N–H and O–H groups in total. The molecular weight excluding hydrogens is 238 g/mol. The molecule has 0 saturated carbocycles. The van der Waals surface area contributed by atoms with E-state index in [1.807, 2.05) is 12.1 Å². The smallest absolute Gasteiger partial charge is 0.145 e. The Morgan fingerprint density at radius 1 is 1.16 bits per heavy atom. The van der Waals surface area contributed by atoms with Crippen molar-refractivity contribution in [3.05, 3.63) is 70.9 Å². The second kappa shape index (κ2) is 4.92. The minimum absolute atomic E-state index is 0.263. The number of hydrogen-bond acceptors (Lipinski definition) is 1. The lowest BCUT2D eigenvalue weighted by Gasteiger charge is -2.10. The highest BCUT2D eigenvalue weighted by Crippen LogP contribution is 2.36. The van der Waals surface area contributed by atoms with Gasteiger partial charge >= 0.3 is 0 Å². The Bertz CT molecular complexity index is 649. The van der Waals surface area contributed by atoms with Crippen LogP contribution in [0.25, 0.3) is 5.57 Å². The standard InChI is InChI=1S/C16H14BFO/c1-17-9-15-13-5-3-2-4-11(13)10-19-16-8-12(18)6-7-14(15)16/h2-9,17H,10H2,1H3/b15-9+. The first-order valence-corrected chi connectivity index (χ1v) is 6.50. The number of rotatable bonds is 1. The second-order valence-corrected chi connectivity index (χ2v) is 4.61. The molecule has 0 bridgehead atoms. The molecule has 0 spiro atoms. The predicted molar refractivity (Wildman–Crippen MR) is 77.3 cm³/mol. The molecule has 1 heterocycles. The zero-order valence-electron chi connectivity index (χ0n) is 10.8. The van der Waals surface area contributed by atoms with Crippen LogP contribution in [0.15, 0.2) is 48.4 Å². The highest BCUT2D eigenvalue weighted by Gasteiger charge is 2.18. The molecule has 2 aromatic carbocycles. The first-order valence-electron chi connectivity index (χ1n) is 6.50. The third-order valence-electron chi connectivity index (χ3n) is 3.33. The molecule has 0 aliphatic carbocycles. The lowest BCUT2D eigenvalue weighted by Crippen LogP contribution is -1.95. The highest BCUT2D eigenvalue weighted by atomic mass is 19.1. The van der Waals surface area contributed by atoms with E-state index < -0.39 is 0 Å². The first kappa shape index (κ1) is 12.0. The minimum Gasteiger partial charge on any atom is -0.488 e. The van der Waals surface area contributed by atoms with Crippen molar-refractivity contribution in [3.63, 3.8) is 0 Å². The maximum absolute atomic E-state index is 13.4. The lowest BCUT2D eigenvalue weighted by atomic mass is 9.77. The van der Waals surface area contributed by atoms with E-state index in [0.29, 0.717) is 12.4 Å². The normalized spacial score (nSPS) is 15.2. The van der Waals surface area contributed by atoms with Gasteiger partial charge in [0.15, 0.2) is 0 Å². The zero-order valence-corrected chi connectivity index (χ0v) is 10.8. The molecule has 19 heavy (non-hydrogen) atoms. The monoisotopic (exact) mass is 252 g/mol. The third-order valence-corrected chi connectivity index (χ3v) is 3.33. The van der Waals surface area contributed by atoms with Gasteiger partial charge in [0.2, 0.25) is 0 Å². The van der Waals surface area contributed by atoms with Crippen molar-refractivity contribution >= 4 is 12.9 Å². The molecule has 1 nitrogen and oxygen atoms in total. The van der Waals surface area contributed by atoms with Gasteiger partial charge in [-0.15, -0.1) is 5.98 Å². The van der Waals surface area contributed by atoms with Crippen LogP contribution in [0.1, 0.15) is 16.7 Å². The van der Waals surface area contributed by atoms with Crippen molar-refractivity contribution < 1.29 is 9.13 Å². The Labute approximate surface area is 113 Å². The Balaban J connectivity index is 2.24. The summed E-state index contributed by atoms with van der Waals surface area (Å²) in [5.41, 5.74) is 4.41. The molecule has 94 valence electrons. The molecule has 0 saturated heterocycles. The van der Waals surface area contributed by atoms with Gasteiger partial charge in [0.25, 0.3) is 0 Å². The maximum atomic E-state index is 13.4. The van der Waals surface area contributed by atoms with Gasteiger partial charge in [-0.05, 0) is 28.8 Å². The Morgan fingerprint density at radius 2 is 2.00 bits per heavy atom. The van der Waals surface area contributed by atoms with Gasteiger partial charge in [-0.2, -0.15) is 0 Å². The SMILES string of the molecule is CB/C=C1\c2ccccc2COc2cc(F)ccc21. The van der Waals surface area contributed by atoms with Crippen LogP contribution in [0.5, 0.6) is 5.75 Å². The van der Waals surface area contributed by atoms with E-state index in [9.17, 15) is 4.39 Å². The van der Waals surface area contributed by atoms with Crippen molar-refractivity contribution in [2.24, 2.45) is 0 Å². The van der Waals surface area contributed by atoms with Crippen LogP contribution in [0.2, 0.25) is 6.82 Å². The topological polar surface area (TPSA) is 9.23 Å².